The monoisotopic (exact) mass is 258 g/mol. The summed E-state index contributed by atoms with van der Waals surface area (Å²) in [6, 6.07) is 3.76. The maximum atomic E-state index is 5.45. The van der Waals surface area contributed by atoms with Gasteiger partial charge < -0.3 is 10.3 Å². The maximum absolute atomic E-state index is 5.45. The van der Waals surface area contributed by atoms with Crippen LogP contribution in [0.3, 0.4) is 0 Å². The van der Waals surface area contributed by atoms with Crippen molar-refractivity contribution in [2.24, 2.45) is 0 Å². The number of aromatic nitrogens is 1. The van der Waals surface area contributed by atoms with Crippen molar-refractivity contribution >= 4 is 33.1 Å². The molecule has 0 atom stereocenters. The largest absolute Gasteiger partial charge is 0.381 e. The summed E-state index contributed by atoms with van der Waals surface area (Å²) >= 11 is 5.05. The molecule has 2 aromatic heterocycles. The van der Waals surface area contributed by atoms with Crippen LogP contribution in [0.15, 0.2) is 20.4 Å². The molecule has 2 rings (SSSR count). The van der Waals surface area contributed by atoms with E-state index >= 15 is 0 Å². The number of hydrogen-bond acceptors (Lipinski definition) is 4. The van der Waals surface area contributed by atoms with E-state index < -0.39 is 0 Å². The van der Waals surface area contributed by atoms with E-state index in [0.717, 1.165) is 14.4 Å². The van der Waals surface area contributed by atoms with Crippen molar-refractivity contribution in [3.63, 3.8) is 0 Å². The smallest absolute Gasteiger partial charge is 0.179 e. The minimum absolute atomic E-state index is 0.414. The van der Waals surface area contributed by atoms with Gasteiger partial charge in [0.05, 0.1) is 8.66 Å². The van der Waals surface area contributed by atoms with Gasteiger partial charge in [0.1, 0.15) is 0 Å². The van der Waals surface area contributed by atoms with Gasteiger partial charge in [-0.3, -0.25) is 0 Å². The van der Waals surface area contributed by atoms with Crippen molar-refractivity contribution in [2.45, 2.75) is 6.92 Å². The van der Waals surface area contributed by atoms with Crippen LogP contribution in [-0.4, -0.2) is 5.16 Å². The van der Waals surface area contributed by atoms with E-state index in [2.05, 4.69) is 21.1 Å². The summed E-state index contributed by atoms with van der Waals surface area (Å²) in [5.74, 6) is 1.13. The van der Waals surface area contributed by atoms with E-state index in [-0.39, 0.29) is 0 Å². The van der Waals surface area contributed by atoms with Gasteiger partial charge in [0.25, 0.3) is 0 Å². The Labute approximate surface area is 87.7 Å². The molecule has 0 fully saturated rings. The number of anilines is 1. The maximum Gasteiger partial charge on any atom is 0.179 e. The molecule has 0 radical (unpaired) electrons. The molecule has 5 heteroatoms. The number of halogens is 1. The number of nitrogen functional groups attached to an aromatic ring is 1. The molecule has 0 spiro atoms. The van der Waals surface area contributed by atoms with Gasteiger partial charge in [0.2, 0.25) is 0 Å². The molecule has 0 aliphatic heterocycles. The molecule has 2 aromatic rings. The number of aryl methyl sites for hydroxylation is 1. The molecule has 0 saturated heterocycles. The lowest BCUT2D eigenvalue weighted by molar-refractivity contribution is 0.436. The minimum atomic E-state index is 0.414. The van der Waals surface area contributed by atoms with Gasteiger partial charge in [-0.05, 0) is 34.5 Å². The predicted molar refractivity (Wildman–Crippen MR) is 56.7 cm³/mol. The van der Waals surface area contributed by atoms with Gasteiger partial charge in [0, 0.05) is 6.07 Å². The zero-order valence-corrected chi connectivity index (χ0v) is 9.28. The lowest BCUT2D eigenvalue weighted by Gasteiger charge is -1.83. The second kappa shape index (κ2) is 3.16. The van der Waals surface area contributed by atoms with E-state index in [9.17, 15) is 0 Å². The van der Waals surface area contributed by atoms with Crippen LogP contribution in [0.25, 0.3) is 10.6 Å². The molecule has 0 amide bonds. The fraction of sp³-hybridized carbons (Fsp3) is 0.125. The Hall–Kier alpha value is -0.810. The molecule has 0 aromatic carbocycles. The van der Waals surface area contributed by atoms with Crippen molar-refractivity contribution in [2.75, 3.05) is 5.73 Å². The Kier molecular flexibility index (Phi) is 2.13. The van der Waals surface area contributed by atoms with Crippen molar-refractivity contribution in [3.05, 3.63) is 21.5 Å². The molecular formula is C8H7BrN2OS. The van der Waals surface area contributed by atoms with Crippen molar-refractivity contribution in [1.29, 1.82) is 0 Å². The Balaban J connectivity index is 2.46. The molecule has 0 saturated carbocycles. The lowest BCUT2D eigenvalue weighted by Crippen LogP contribution is -1.79. The molecular weight excluding hydrogens is 252 g/mol. The fourth-order valence-electron chi connectivity index (χ4n) is 0.986. The van der Waals surface area contributed by atoms with Crippen molar-refractivity contribution in [3.8, 4) is 10.6 Å². The van der Waals surface area contributed by atoms with Crippen LogP contribution in [0.5, 0.6) is 0 Å². The molecule has 68 valence electrons. The highest BCUT2D eigenvalue weighted by molar-refractivity contribution is 9.11. The first-order chi connectivity index (χ1) is 6.16. The van der Waals surface area contributed by atoms with Crippen LogP contribution in [-0.2, 0) is 0 Å². The first-order valence-electron chi connectivity index (χ1n) is 3.65. The summed E-state index contributed by atoms with van der Waals surface area (Å²) < 4.78 is 6.14. The lowest BCUT2D eigenvalue weighted by atomic mass is 10.3. The van der Waals surface area contributed by atoms with Crippen molar-refractivity contribution < 1.29 is 4.52 Å². The van der Waals surface area contributed by atoms with E-state index in [1.165, 1.54) is 5.56 Å². The highest BCUT2D eigenvalue weighted by atomic mass is 79.9. The number of nitrogens with two attached hydrogens (primary N) is 1. The number of thiophene rings is 1. The van der Waals surface area contributed by atoms with Gasteiger partial charge >= 0.3 is 0 Å². The van der Waals surface area contributed by atoms with E-state index in [1.54, 1.807) is 17.4 Å². The Bertz CT molecular complexity index is 416. The average Bonchev–Trinajstić information content (AvgIpc) is 2.61. The Morgan fingerprint density at radius 1 is 1.54 bits per heavy atom. The first kappa shape index (κ1) is 8.77. The van der Waals surface area contributed by atoms with Crippen molar-refractivity contribution in [1.82, 2.24) is 5.16 Å². The SMILES string of the molecule is Cc1cc(-c2cc(N)no2)sc1Br. The van der Waals surface area contributed by atoms with Gasteiger partial charge in [0.15, 0.2) is 11.6 Å². The number of rotatable bonds is 1. The second-order valence-electron chi connectivity index (χ2n) is 2.68. The summed E-state index contributed by atoms with van der Waals surface area (Å²) in [5.41, 5.74) is 6.64. The molecule has 2 heterocycles. The molecule has 3 nitrogen and oxygen atoms in total. The summed E-state index contributed by atoms with van der Waals surface area (Å²) in [5, 5.41) is 3.63. The van der Waals surface area contributed by atoms with Gasteiger partial charge in [-0.25, -0.2) is 0 Å². The Morgan fingerprint density at radius 3 is 2.77 bits per heavy atom. The zero-order valence-electron chi connectivity index (χ0n) is 6.87. The van der Waals surface area contributed by atoms with Crippen LogP contribution in [0, 0.1) is 6.92 Å². The first-order valence-corrected chi connectivity index (χ1v) is 5.26. The highest BCUT2D eigenvalue weighted by Gasteiger charge is 2.09. The van der Waals surface area contributed by atoms with Gasteiger partial charge in [-0.2, -0.15) is 0 Å². The zero-order chi connectivity index (χ0) is 9.42. The summed E-state index contributed by atoms with van der Waals surface area (Å²) in [4.78, 5) is 1.04. The molecule has 0 bridgehead atoms. The van der Waals surface area contributed by atoms with Crippen LogP contribution in [0.1, 0.15) is 5.56 Å². The highest BCUT2D eigenvalue weighted by Crippen LogP contribution is 2.35. The number of hydrogen-bond donors (Lipinski definition) is 1. The predicted octanol–water partition coefficient (Wildman–Crippen LogP) is 3.06. The topological polar surface area (TPSA) is 52.0 Å². The third kappa shape index (κ3) is 1.62. The second-order valence-corrected chi connectivity index (χ2v) is 5.05. The fourth-order valence-corrected chi connectivity index (χ4v) is 2.47. The van der Waals surface area contributed by atoms with Crippen LogP contribution >= 0.6 is 27.3 Å². The summed E-state index contributed by atoms with van der Waals surface area (Å²) in [6.07, 6.45) is 0. The van der Waals surface area contributed by atoms with E-state index in [1.807, 2.05) is 13.0 Å². The average molecular weight is 259 g/mol. The quantitative estimate of drug-likeness (QED) is 0.856. The molecule has 0 unspecified atom stereocenters. The van der Waals surface area contributed by atoms with E-state index in [0.29, 0.717) is 5.82 Å². The minimum Gasteiger partial charge on any atom is -0.381 e. The summed E-state index contributed by atoms with van der Waals surface area (Å²) in [6.45, 7) is 2.03. The molecule has 0 aliphatic rings. The standard InChI is InChI=1S/C8H7BrN2OS/c1-4-2-6(13-8(4)9)5-3-7(10)11-12-5/h2-3H,1H3,(H2,10,11). The third-order valence-electron chi connectivity index (χ3n) is 1.63. The third-order valence-corrected chi connectivity index (χ3v) is 3.78. The van der Waals surface area contributed by atoms with Crippen LogP contribution in [0.4, 0.5) is 5.82 Å². The molecule has 0 aliphatic carbocycles. The van der Waals surface area contributed by atoms with E-state index in [4.69, 9.17) is 10.3 Å². The molecule has 2 N–H and O–H groups in total. The normalized spacial score (nSPS) is 10.6. The molecule has 13 heavy (non-hydrogen) atoms. The summed E-state index contributed by atoms with van der Waals surface area (Å²) in [7, 11) is 0. The van der Waals surface area contributed by atoms with Gasteiger partial charge in [-0.1, -0.05) is 5.16 Å². The van der Waals surface area contributed by atoms with Gasteiger partial charge in [-0.15, -0.1) is 11.3 Å². The van der Waals surface area contributed by atoms with Crippen LogP contribution in [0.2, 0.25) is 0 Å². The Morgan fingerprint density at radius 2 is 2.31 bits per heavy atom. The number of nitrogens with zero attached hydrogens (tertiary/aromatic N) is 1. The van der Waals surface area contributed by atoms with Crippen LogP contribution < -0.4 is 5.73 Å².